The number of hydrogen-bond acceptors (Lipinski definition) is 6. The Morgan fingerprint density at radius 2 is 1.97 bits per heavy atom. The molecule has 168 valence electrons. The molecule has 1 aromatic heterocycles. The van der Waals surface area contributed by atoms with Gasteiger partial charge in [-0.1, -0.05) is 12.1 Å². The minimum absolute atomic E-state index is 0.0311. The molecule has 0 bridgehead atoms. The number of ether oxygens (including phenoxy) is 2. The van der Waals surface area contributed by atoms with Crippen LogP contribution in [0.2, 0.25) is 0 Å². The normalized spacial score (nSPS) is 18.9. The number of likely N-dealkylation sites (tertiary alicyclic amines) is 1. The molecular weight excluding hydrogens is 422 g/mol. The van der Waals surface area contributed by atoms with E-state index in [0.717, 1.165) is 29.0 Å². The standard InChI is InChI=1S/C26H23NO6/c1-31-19-7-4-16(5-8-19)10-12-27-23(21-3-2-13-32-21)22(25(29)26(27)30)24(28)18-6-9-20-17(15-18)11-14-33-20/h2-9,13,15,23,28H,10-12,14H2,1H3/b24-22-. The van der Waals surface area contributed by atoms with Gasteiger partial charge in [0, 0.05) is 18.5 Å². The highest BCUT2D eigenvalue weighted by atomic mass is 16.5. The maximum absolute atomic E-state index is 13.1. The number of aliphatic hydroxyl groups is 1. The van der Waals surface area contributed by atoms with Gasteiger partial charge in [0.05, 0.1) is 25.6 Å². The van der Waals surface area contributed by atoms with Crippen LogP contribution in [0, 0.1) is 0 Å². The monoisotopic (exact) mass is 445 g/mol. The summed E-state index contributed by atoms with van der Waals surface area (Å²) in [5.41, 5.74) is 2.46. The number of aliphatic hydroxyl groups excluding tert-OH is 1. The lowest BCUT2D eigenvalue weighted by molar-refractivity contribution is -0.140. The summed E-state index contributed by atoms with van der Waals surface area (Å²) in [7, 11) is 1.60. The first kappa shape index (κ1) is 20.9. The van der Waals surface area contributed by atoms with Crippen LogP contribution in [0.25, 0.3) is 5.76 Å². The molecule has 0 aliphatic carbocycles. The van der Waals surface area contributed by atoms with E-state index >= 15 is 0 Å². The van der Waals surface area contributed by atoms with Crippen molar-refractivity contribution < 1.29 is 28.6 Å². The molecule has 7 nitrogen and oxygen atoms in total. The van der Waals surface area contributed by atoms with Gasteiger partial charge in [-0.15, -0.1) is 0 Å². The summed E-state index contributed by atoms with van der Waals surface area (Å²) in [5, 5.41) is 11.2. The van der Waals surface area contributed by atoms with Gasteiger partial charge in [-0.25, -0.2) is 0 Å². The third-order valence-corrected chi connectivity index (χ3v) is 6.12. The van der Waals surface area contributed by atoms with E-state index in [-0.39, 0.29) is 17.9 Å². The van der Waals surface area contributed by atoms with Crippen LogP contribution < -0.4 is 9.47 Å². The van der Waals surface area contributed by atoms with Gasteiger partial charge in [0.1, 0.15) is 29.1 Å². The molecule has 1 saturated heterocycles. The Bertz CT molecular complexity index is 1230. The summed E-state index contributed by atoms with van der Waals surface area (Å²) in [6, 6.07) is 15.4. The third-order valence-electron chi connectivity index (χ3n) is 6.12. The smallest absolute Gasteiger partial charge is 0.295 e. The highest BCUT2D eigenvalue weighted by Gasteiger charge is 2.47. The number of nitrogens with zero attached hydrogens (tertiary/aromatic N) is 1. The highest BCUT2D eigenvalue weighted by Crippen LogP contribution is 2.40. The van der Waals surface area contributed by atoms with E-state index in [9.17, 15) is 14.7 Å². The number of benzene rings is 2. The van der Waals surface area contributed by atoms with Crippen molar-refractivity contribution in [1.29, 1.82) is 0 Å². The molecule has 0 spiro atoms. The number of amides is 1. The van der Waals surface area contributed by atoms with E-state index in [1.165, 1.54) is 11.2 Å². The second-order valence-corrected chi connectivity index (χ2v) is 8.03. The third kappa shape index (κ3) is 3.75. The predicted octanol–water partition coefficient (Wildman–Crippen LogP) is 3.89. The van der Waals surface area contributed by atoms with Gasteiger partial charge in [-0.2, -0.15) is 0 Å². The lowest BCUT2D eigenvalue weighted by Gasteiger charge is -2.23. The topological polar surface area (TPSA) is 89.2 Å². The van der Waals surface area contributed by atoms with Gasteiger partial charge in [0.2, 0.25) is 0 Å². The van der Waals surface area contributed by atoms with Crippen LogP contribution >= 0.6 is 0 Å². The maximum Gasteiger partial charge on any atom is 0.295 e. The van der Waals surface area contributed by atoms with Crippen molar-refractivity contribution in [2.45, 2.75) is 18.9 Å². The van der Waals surface area contributed by atoms with Crippen LogP contribution in [-0.4, -0.2) is 42.0 Å². The number of hydrogen-bond donors (Lipinski definition) is 1. The molecule has 1 N–H and O–H groups in total. The van der Waals surface area contributed by atoms with E-state index in [4.69, 9.17) is 13.9 Å². The zero-order valence-corrected chi connectivity index (χ0v) is 18.1. The van der Waals surface area contributed by atoms with Crippen molar-refractivity contribution in [3.8, 4) is 11.5 Å². The predicted molar refractivity (Wildman–Crippen MR) is 120 cm³/mol. The number of furan rings is 1. The van der Waals surface area contributed by atoms with Crippen LogP contribution in [0.1, 0.15) is 28.5 Å². The summed E-state index contributed by atoms with van der Waals surface area (Å²) in [6.07, 6.45) is 2.75. The molecule has 2 aliphatic rings. The van der Waals surface area contributed by atoms with Crippen molar-refractivity contribution >= 4 is 17.4 Å². The molecule has 2 aliphatic heterocycles. The van der Waals surface area contributed by atoms with E-state index < -0.39 is 17.7 Å². The van der Waals surface area contributed by atoms with Crippen LogP contribution in [0.15, 0.2) is 70.9 Å². The van der Waals surface area contributed by atoms with Gasteiger partial charge in [-0.05, 0) is 60.0 Å². The number of fused-ring (bicyclic) bond motifs is 1. The van der Waals surface area contributed by atoms with E-state index in [1.807, 2.05) is 30.3 Å². The Morgan fingerprint density at radius 1 is 1.15 bits per heavy atom. The molecule has 33 heavy (non-hydrogen) atoms. The minimum Gasteiger partial charge on any atom is -0.507 e. The van der Waals surface area contributed by atoms with Crippen LogP contribution in [-0.2, 0) is 22.4 Å². The molecule has 0 radical (unpaired) electrons. The average molecular weight is 445 g/mol. The summed E-state index contributed by atoms with van der Waals surface area (Å²) in [5.74, 6) is 0.353. The number of carbonyl (C=O) groups is 2. The van der Waals surface area contributed by atoms with Gasteiger partial charge in [-0.3, -0.25) is 9.59 Å². The molecule has 1 amide bonds. The molecule has 2 aromatic carbocycles. The zero-order valence-electron chi connectivity index (χ0n) is 18.1. The molecule has 1 fully saturated rings. The van der Waals surface area contributed by atoms with E-state index in [0.29, 0.717) is 24.4 Å². The van der Waals surface area contributed by atoms with E-state index in [1.54, 1.807) is 31.4 Å². The Balaban J connectivity index is 1.50. The van der Waals surface area contributed by atoms with Gasteiger partial charge in [0.15, 0.2) is 0 Å². The first-order valence-electron chi connectivity index (χ1n) is 10.8. The Morgan fingerprint density at radius 3 is 2.70 bits per heavy atom. The second-order valence-electron chi connectivity index (χ2n) is 8.03. The van der Waals surface area contributed by atoms with Gasteiger partial charge < -0.3 is 23.9 Å². The lowest BCUT2D eigenvalue weighted by atomic mass is 9.98. The average Bonchev–Trinajstić information content (AvgIpc) is 3.58. The number of rotatable bonds is 6. The summed E-state index contributed by atoms with van der Waals surface area (Å²) in [4.78, 5) is 27.6. The molecule has 5 rings (SSSR count). The largest absolute Gasteiger partial charge is 0.507 e. The Hall–Kier alpha value is -4.00. The maximum atomic E-state index is 13.1. The molecule has 1 unspecified atom stereocenters. The number of methoxy groups -OCH3 is 1. The van der Waals surface area contributed by atoms with Crippen LogP contribution in [0.3, 0.4) is 0 Å². The van der Waals surface area contributed by atoms with E-state index in [2.05, 4.69) is 0 Å². The number of Topliss-reactive ketones (excluding diaryl/α,β-unsaturated/α-hetero) is 1. The fraction of sp³-hybridized carbons (Fsp3) is 0.231. The van der Waals surface area contributed by atoms with Crippen molar-refractivity contribution in [1.82, 2.24) is 4.90 Å². The first-order chi connectivity index (χ1) is 16.1. The van der Waals surface area contributed by atoms with Crippen molar-refractivity contribution in [3.05, 3.63) is 88.9 Å². The molecule has 0 saturated carbocycles. The fourth-order valence-corrected chi connectivity index (χ4v) is 4.38. The summed E-state index contributed by atoms with van der Waals surface area (Å²) < 4.78 is 16.3. The molecule has 1 atom stereocenters. The Labute approximate surface area is 190 Å². The number of carbonyl (C=O) groups excluding carboxylic acids is 2. The highest BCUT2D eigenvalue weighted by molar-refractivity contribution is 6.46. The van der Waals surface area contributed by atoms with Crippen molar-refractivity contribution in [2.24, 2.45) is 0 Å². The summed E-state index contributed by atoms with van der Waals surface area (Å²) in [6.45, 7) is 0.874. The Kier molecular flexibility index (Phi) is 5.38. The van der Waals surface area contributed by atoms with Gasteiger partial charge >= 0.3 is 0 Å². The van der Waals surface area contributed by atoms with Crippen molar-refractivity contribution in [3.63, 3.8) is 0 Å². The second kappa shape index (κ2) is 8.50. The lowest BCUT2D eigenvalue weighted by Crippen LogP contribution is -2.31. The minimum atomic E-state index is -0.803. The van der Waals surface area contributed by atoms with Crippen molar-refractivity contribution in [2.75, 3.05) is 20.3 Å². The fourth-order valence-electron chi connectivity index (χ4n) is 4.38. The SMILES string of the molecule is COc1ccc(CCN2C(=O)C(=O)/C(=C(\O)c3ccc4c(c3)CCO4)C2c2ccco2)cc1. The summed E-state index contributed by atoms with van der Waals surface area (Å²) >= 11 is 0. The number of ketones is 1. The molecular formula is C26H23NO6. The molecule has 7 heteroatoms. The quantitative estimate of drug-likeness (QED) is 0.352. The molecule has 3 heterocycles. The zero-order chi connectivity index (χ0) is 22.9. The van der Waals surface area contributed by atoms with Crippen LogP contribution in [0.4, 0.5) is 0 Å². The molecule has 3 aromatic rings. The van der Waals surface area contributed by atoms with Gasteiger partial charge in [0.25, 0.3) is 11.7 Å². The van der Waals surface area contributed by atoms with Crippen LogP contribution in [0.5, 0.6) is 11.5 Å². The first-order valence-corrected chi connectivity index (χ1v) is 10.8.